The molecule has 0 aliphatic carbocycles. The largest absolute Gasteiger partial charge is 0.445 e. The molecule has 0 aliphatic rings. The van der Waals surface area contributed by atoms with Crippen molar-refractivity contribution in [2.24, 2.45) is 0 Å². The third-order valence-corrected chi connectivity index (χ3v) is 1.54. The second kappa shape index (κ2) is 3.57. The molecule has 1 heterocycles. The van der Waals surface area contributed by atoms with E-state index < -0.39 is 0 Å². The van der Waals surface area contributed by atoms with Crippen LogP contribution in [0, 0.1) is 0 Å². The molecule has 2 nitrogen and oxygen atoms in total. The summed E-state index contributed by atoms with van der Waals surface area (Å²) in [5.74, 6) is 2.08. The Labute approximate surface area is 73.3 Å². The molecule has 0 aromatic carbocycles. The van der Waals surface area contributed by atoms with Gasteiger partial charge in [-0.15, -0.1) is 0 Å². The summed E-state index contributed by atoms with van der Waals surface area (Å²) >= 11 is 0. The van der Waals surface area contributed by atoms with E-state index in [0.29, 0.717) is 5.92 Å². The van der Waals surface area contributed by atoms with Gasteiger partial charge in [0.05, 0.1) is 6.20 Å². The van der Waals surface area contributed by atoms with E-state index >= 15 is 0 Å². The number of oxazole rings is 1. The summed E-state index contributed by atoms with van der Waals surface area (Å²) in [5.41, 5.74) is 1.10. The lowest BCUT2D eigenvalue weighted by Crippen LogP contribution is -1.85. The average Bonchev–Trinajstić information content (AvgIpc) is 2.34. The Kier molecular flexibility index (Phi) is 2.69. The number of aromatic nitrogens is 1. The summed E-state index contributed by atoms with van der Waals surface area (Å²) < 4.78 is 5.48. The van der Waals surface area contributed by atoms with Gasteiger partial charge >= 0.3 is 0 Å². The topological polar surface area (TPSA) is 26.0 Å². The fourth-order valence-corrected chi connectivity index (χ4v) is 0.969. The van der Waals surface area contributed by atoms with Crippen LogP contribution in [0.5, 0.6) is 0 Å². The monoisotopic (exact) mass is 165 g/mol. The highest BCUT2D eigenvalue weighted by atomic mass is 16.4. The maximum atomic E-state index is 5.48. The smallest absolute Gasteiger partial charge is 0.196 e. The summed E-state index contributed by atoms with van der Waals surface area (Å²) in [6, 6.07) is 0. The highest BCUT2D eigenvalue weighted by Gasteiger charge is 2.06. The maximum Gasteiger partial charge on any atom is 0.196 e. The van der Waals surface area contributed by atoms with Gasteiger partial charge in [0, 0.05) is 12.3 Å². The highest BCUT2D eigenvalue weighted by Crippen LogP contribution is 2.15. The Morgan fingerprint density at radius 1 is 1.67 bits per heavy atom. The first-order chi connectivity index (χ1) is 5.59. The first kappa shape index (κ1) is 9.04. The van der Waals surface area contributed by atoms with Crippen molar-refractivity contribution in [1.29, 1.82) is 0 Å². The minimum absolute atomic E-state index is 0.365. The molecule has 0 amide bonds. The summed E-state index contributed by atoms with van der Waals surface area (Å²) in [7, 11) is 0. The molecule has 1 aromatic heterocycles. The highest BCUT2D eigenvalue weighted by molar-refractivity contribution is 5.06. The molecule has 0 aliphatic heterocycles. The Bertz CT molecular complexity index is 273. The minimum atomic E-state index is 0.365. The molecule has 0 bridgehead atoms. The fourth-order valence-electron chi connectivity index (χ4n) is 0.969. The lowest BCUT2D eigenvalue weighted by Gasteiger charge is -1.96. The molecule has 1 aromatic rings. The van der Waals surface area contributed by atoms with E-state index in [1.54, 1.807) is 6.20 Å². The van der Waals surface area contributed by atoms with E-state index in [2.05, 4.69) is 25.4 Å². The molecular formula is C10H15NO. The van der Waals surface area contributed by atoms with Crippen molar-refractivity contribution in [2.45, 2.75) is 33.1 Å². The van der Waals surface area contributed by atoms with Crippen LogP contribution in [0.2, 0.25) is 0 Å². The molecule has 2 heteroatoms. The SMILES string of the molecule is C=C(C)Cc1cnc(C(C)C)o1. The summed E-state index contributed by atoms with van der Waals surface area (Å²) in [6.07, 6.45) is 2.57. The predicted octanol–water partition coefficient (Wildman–Crippen LogP) is 2.92. The number of allylic oxidation sites excluding steroid dienone is 1. The van der Waals surface area contributed by atoms with Gasteiger partial charge in [-0.25, -0.2) is 4.98 Å². The van der Waals surface area contributed by atoms with Gasteiger partial charge in [-0.2, -0.15) is 0 Å². The van der Waals surface area contributed by atoms with Gasteiger partial charge in [0.25, 0.3) is 0 Å². The van der Waals surface area contributed by atoms with Gasteiger partial charge in [-0.1, -0.05) is 26.0 Å². The van der Waals surface area contributed by atoms with Crippen LogP contribution in [0.3, 0.4) is 0 Å². The van der Waals surface area contributed by atoms with Gasteiger partial charge < -0.3 is 4.42 Å². The van der Waals surface area contributed by atoms with Crippen LogP contribution in [-0.2, 0) is 6.42 Å². The van der Waals surface area contributed by atoms with Crippen LogP contribution in [0.25, 0.3) is 0 Å². The van der Waals surface area contributed by atoms with Crippen LogP contribution in [0.4, 0.5) is 0 Å². The quantitative estimate of drug-likeness (QED) is 0.643. The van der Waals surface area contributed by atoms with Crippen LogP contribution in [0.15, 0.2) is 22.8 Å². The maximum absolute atomic E-state index is 5.48. The predicted molar refractivity (Wildman–Crippen MR) is 49.1 cm³/mol. The molecule has 66 valence electrons. The molecule has 0 N–H and O–H groups in total. The van der Waals surface area contributed by atoms with Crippen molar-refractivity contribution in [1.82, 2.24) is 4.98 Å². The van der Waals surface area contributed by atoms with Crippen LogP contribution in [0.1, 0.15) is 38.3 Å². The van der Waals surface area contributed by atoms with Crippen LogP contribution >= 0.6 is 0 Å². The van der Waals surface area contributed by atoms with Crippen molar-refractivity contribution in [3.63, 3.8) is 0 Å². The van der Waals surface area contributed by atoms with Crippen LogP contribution in [-0.4, -0.2) is 4.98 Å². The normalized spacial score (nSPS) is 10.7. The molecule has 0 saturated carbocycles. The third-order valence-electron chi connectivity index (χ3n) is 1.54. The van der Waals surface area contributed by atoms with Gasteiger partial charge in [0.15, 0.2) is 5.89 Å². The molecule has 0 radical (unpaired) electrons. The zero-order chi connectivity index (χ0) is 9.14. The standard InChI is InChI=1S/C10H15NO/c1-7(2)5-9-6-11-10(12-9)8(3)4/h6,8H,1,5H2,2-4H3. The first-order valence-corrected chi connectivity index (χ1v) is 4.18. The molecule has 0 atom stereocenters. The van der Waals surface area contributed by atoms with Crippen LogP contribution < -0.4 is 0 Å². The van der Waals surface area contributed by atoms with Gasteiger partial charge in [-0.3, -0.25) is 0 Å². The zero-order valence-corrected chi connectivity index (χ0v) is 7.92. The van der Waals surface area contributed by atoms with Crippen molar-refractivity contribution in [3.05, 3.63) is 30.0 Å². The minimum Gasteiger partial charge on any atom is -0.445 e. The lowest BCUT2D eigenvalue weighted by molar-refractivity contribution is 0.442. The van der Waals surface area contributed by atoms with Crippen molar-refractivity contribution >= 4 is 0 Å². The molecule has 12 heavy (non-hydrogen) atoms. The number of hydrogen-bond acceptors (Lipinski definition) is 2. The van der Waals surface area contributed by atoms with Crippen molar-refractivity contribution in [2.75, 3.05) is 0 Å². The number of hydrogen-bond donors (Lipinski definition) is 0. The van der Waals surface area contributed by atoms with Gasteiger partial charge in [0.2, 0.25) is 0 Å². The van der Waals surface area contributed by atoms with Crippen molar-refractivity contribution in [3.8, 4) is 0 Å². The van der Waals surface area contributed by atoms with Crippen molar-refractivity contribution < 1.29 is 4.42 Å². The summed E-state index contributed by atoms with van der Waals surface area (Å²) in [4.78, 5) is 4.16. The van der Waals surface area contributed by atoms with E-state index in [1.165, 1.54) is 0 Å². The molecule has 1 rings (SSSR count). The Hall–Kier alpha value is -1.05. The van der Waals surface area contributed by atoms with Gasteiger partial charge in [0.1, 0.15) is 5.76 Å². The summed E-state index contributed by atoms with van der Waals surface area (Å²) in [6.45, 7) is 9.93. The van der Waals surface area contributed by atoms with E-state index in [-0.39, 0.29) is 0 Å². The zero-order valence-electron chi connectivity index (χ0n) is 7.92. The van der Waals surface area contributed by atoms with E-state index in [0.717, 1.165) is 23.6 Å². The second-order valence-electron chi connectivity index (χ2n) is 3.45. The molecule has 0 spiro atoms. The van der Waals surface area contributed by atoms with Gasteiger partial charge in [-0.05, 0) is 6.92 Å². The third kappa shape index (κ3) is 2.22. The van der Waals surface area contributed by atoms with E-state index in [1.807, 2.05) is 6.92 Å². The summed E-state index contributed by atoms with van der Waals surface area (Å²) in [5, 5.41) is 0. The Balaban J connectivity index is 2.70. The second-order valence-corrected chi connectivity index (χ2v) is 3.45. The Morgan fingerprint density at radius 2 is 2.33 bits per heavy atom. The molecule has 0 saturated heterocycles. The van der Waals surface area contributed by atoms with E-state index in [9.17, 15) is 0 Å². The first-order valence-electron chi connectivity index (χ1n) is 4.18. The number of rotatable bonds is 3. The molecule has 0 unspecified atom stereocenters. The molecular weight excluding hydrogens is 150 g/mol. The van der Waals surface area contributed by atoms with E-state index in [4.69, 9.17) is 4.42 Å². The molecule has 0 fully saturated rings. The lowest BCUT2D eigenvalue weighted by atomic mass is 10.2. The average molecular weight is 165 g/mol. The Morgan fingerprint density at radius 3 is 2.75 bits per heavy atom. The number of nitrogens with zero attached hydrogens (tertiary/aromatic N) is 1. The fraction of sp³-hybridized carbons (Fsp3) is 0.500.